The molecule has 9 heteroatoms. The molecule has 30 heavy (non-hydrogen) atoms. The lowest BCUT2D eigenvalue weighted by Gasteiger charge is -2.14. The average Bonchev–Trinajstić information content (AvgIpc) is 3.42. The van der Waals surface area contributed by atoms with E-state index in [9.17, 15) is 13.2 Å². The molecule has 2 atom stereocenters. The topological polar surface area (TPSA) is 51.4 Å². The SMILES string of the molecule is CO[C@H]1CN(Cc2csc(-c3ccc(C(F)(F)F)cc3)n2)C[C@H]1Cc1cc(C)no1. The molecule has 2 aromatic heterocycles. The van der Waals surface area contributed by atoms with Crippen LogP contribution >= 0.6 is 11.3 Å². The maximum atomic E-state index is 12.7. The number of rotatable bonds is 6. The fourth-order valence-electron chi connectivity index (χ4n) is 3.83. The van der Waals surface area contributed by atoms with Gasteiger partial charge in [-0.15, -0.1) is 11.3 Å². The molecule has 1 aromatic carbocycles. The Morgan fingerprint density at radius 1 is 1.23 bits per heavy atom. The van der Waals surface area contributed by atoms with E-state index >= 15 is 0 Å². The van der Waals surface area contributed by atoms with E-state index < -0.39 is 11.7 Å². The molecule has 0 unspecified atom stereocenters. The summed E-state index contributed by atoms with van der Waals surface area (Å²) in [4.78, 5) is 6.91. The van der Waals surface area contributed by atoms with E-state index in [1.165, 1.54) is 23.5 Å². The second-order valence-electron chi connectivity index (χ2n) is 7.59. The minimum atomic E-state index is -4.33. The summed E-state index contributed by atoms with van der Waals surface area (Å²) in [6.07, 6.45) is -3.46. The highest BCUT2D eigenvalue weighted by Crippen LogP contribution is 2.32. The van der Waals surface area contributed by atoms with Gasteiger partial charge in [-0.2, -0.15) is 13.2 Å². The minimum absolute atomic E-state index is 0.100. The summed E-state index contributed by atoms with van der Waals surface area (Å²) in [7, 11) is 1.72. The number of hydrogen-bond acceptors (Lipinski definition) is 6. The van der Waals surface area contributed by atoms with Gasteiger partial charge >= 0.3 is 6.18 Å². The number of likely N-dealkylation sites (tertiary alicyclic amines) is 1. The van der Waals surface area contributed by atoms with Crippen LogP contribution in [0.4, 0.5) is 13.2 Å². The van der Waals surface area contributed by atoms with E-state index in [4.69, 9.17) is 9.26 Å². The molecule has 0 radical (unpaired) electrons. The summed E-state index contributed by atoms with van der Waals surface area (Å²) in [6, 6.07) is 7.08. The Morgan fingerprint density at radius 3 is 2.63 bits per heavy atom. The number of aryl methyl sites for hydroxylation is 1. The van der Waals surface area contributed by atoms with Gasteiger partial charge in [0, 0.05) is 56.1 Å². The molecule has 3 aromatic rings. The van der Waals surface area contributed by atoms with Gasteiger partial charge in [-0.05, 0) is 19.1 Å². The van der Waals surface area contributed by atoms with Crippen molar-refractivity contribution < 1.29 is 22.4 Å². The van der Waals surface area contributed by atoms with Crippen LogP contribution < -0.4 is 0 Å². The van der Waals surface area contributed by atoms with Crippen LogP contribution in [0.3, 0.4) is 0 Å². The lowest BCUT2D eigenvalue weighted by atomic mass is 10.0. The molecule has 1 saturated heterocycles. The van der Waals surface area contributed by atoms with Crippen LogP contribution in [0.2, 0.25) is 0 Å². The molecular formula is C21H22F3N3O2S. The summed E-state index contributed by atoms with van der Waals surface area (Å²) in [5.41, 5.74) is 1.81. The zero-order chi connectivity index (χ0) is 21.3. The van der Waals surface area contributed by atoms with Crippen LogP contribution in [0, 0.1) is 12.8 Å². The van der Waals surface area contributed by atoms with Crippen LogP contribution in [-0.4, -0.2) is 41.3 Å². The molecule has 0 aliphatic carbocycles. The molecule has 0 N–H and O–H groups in total. The van der Waals surface area contributed by atoms with E-state index in [0.29, 0.717) is 18.0 Å². The van der Waals surface area contributed by atoms with E-state index in [-0.39, 0.29) is 6.10 Å². The van der Waals surface area contributed by atoms with Gasteiger partial charge in [0.05, 0.1) is 23.1 Å². The normalized spacial score (nSPS) is 20.2. The van der Waals surface area contributed by atoms with Crippen molar-refractivity contribution in [3.8, 4) is 10.6 Å². The van der Waals surface area contributed by atoms with Crippen LogP contribution in [0.5, 0.6) is 0 Å². The predicted molar refractivity (Wildman–Crippen MR) is 107 cm³/mol. The standard InChI is InChI=1S/C21H22F3N3O2S/c1-13-7-18(29-26-13)8-15-9-27(11-19(15)28-2)10-17-12-30-20(25-17)14-3-5-16(6-4-14)21(22,23)24/h3-7,12,15,19H,8-11H2,1-2H3/t15-,19+/m1/s1. The van der Waals surface area contributed by atoms with Crippen molar-refractivity contribution >= 4 is 11.3 Å². The second-order valence-corrected chi connectivity index (χ2v) is 8.44. The van der Waals surface area contributed by atoms with Crippen molar-refractivity contribution in [3.63, 3.8) is 0 Å². The number of ether oxygens (including phenoxy) is 1. The molecule has 4 rings (SSSR count). The molecule has 1 aliphatic heterocycles. The number of thiazole rings is 1. The van der Waals surface area contributed by atoms with Gasteiger partial charge in [0.2, 0.25) is 0 Å². The third kappa shape index (κ3) is 4.74. The maximum Gasteiger partial charge on any atom is 0.416 e. The summed E-state index contributed by atoms with van der Waals surface area (Å²) >= 11 is 1.44. The Balaban J connectivity index is 1.40. The first-order chi connectivity index (χ1) is 14.3. The van der Waals surface area contributed by atoms with Crippen molar-refractivity contribution in [1.82, 2.24) is 15.0 Å². The smallest absolute Gasteiger partial charge is 0.380 e. The third-order valence-corrected chi connectivity index (χ3v) is 6.24. The molecule has 1 fully saturated rings. The van der Waals surface area contributed by atoms with Crippen molar-refractivity contribution in [1.29, 1.82) is 0 Å². The summed E-state index contributed by atoms with van der Waals surface area (Å²) in [6.45, 7) is 4.22. The highest BCUT2D eigenvalue weighted by molar-refractivity contribution is 7.13. The third-order valence-electron chi connectivity index (χ3n) is 5.30. The quantitative estimate of drug-likeness (QED) is 0.554. The Bertz CT molecular complexity index is 984. The summed E-state index contributed by atoms with van der Waals surface area (Å²) < 4.78 is 49.3. The fraction of sp³-hybridized carbons (Fsp3) is 0.429. The lowest BCUT2D eigenvalue weighted by molar-refractivity contribution is -0.137. The number of nitrogens with zero attached hydrogens (tertiary/aromatic N) is 3. The fourth-order valence-corrected chi connectivity index (χ4v) is 4.65. The largest absolute Gasteiger partial charge is 0.416 e. The van der Waals surface area contributed by atoms with E-state index in [1.807, 2.05) is 18.4 Å². The van der Waals surface area contributed by atoms with Gasteiger partial charge in [-0.3, -0.25) is 4.90 Å². The second kappa shape index (κ2) is 8.49. The Hall–Kier alpha value is -2.23. The maximum absolute atomic E-state index is 12.7. The first-order valence-electron chi connectivity index (χ1n) is 9.61. The van der Waals surface area contributed by atoms with E-state index in [1.54, 1.807) is 7.11 Å². The average molecular weight is 437 g/mol. The number of benzene rings is 1. The van der Waals surface area contributed by atoms with Gasteiger partial charge in [-0.1, -0.05) is 17.3 Å². The lowest BCUT2D eigenvalue weighted by Crippen LogP contribution is -2.23. The highest BCUT2D eigenvalue weighted by Gasteiger charge is 2.34. The molecule has 0 spiro atoms. The van der Waals surface area contributed by atoms with E-state index in [2.05, 4.69) is 15.0 Å². The molecule has 5 nitrogen and oxygen atoms in total. The van der Waals surface area contributed by atoms with Crippen molar-refractivity contribution in [3.05, 3.63) is 58.4 Å². The predicted octanol–water partition coefficient (Wildman–Crippen LogP) is 4.81. The van der Waals surface area contributed by atoms with Crippen molar-refractivity contribution in [2.75, 3.05) is 20.2 Å². The summed E-state index contributed by atoms with van der Waals surface area (Å²) in [5, 5.41) is 6.62. The number of alkyl halides is 3. The minimum Gasteiger partial charge on any atom is -0.380 e. The Morgan fingerprint density at radius 2 is 2.00 bits per heavy atom. The number of methoxy groups -OCH3 is 1. The first kappa shape index (κ1) is 21.0. The molecule has 3 heterocycles. The monoisotopic (exact) mass is 437 g/mol. The molecule has 1 aliphatic rings. The Labute approximate surface area is 176 Å². The first-order valence-corrected chi connectivity index (χ1v) is 10.5. The van der Waals surface area contributed by atoms with Gasteiger partial charge in [0.1, 0.15) is 10.8 Å². The summed E-state index contributed by atoms with van der Waals surface area (Å²) in [5.74, 6) is 1.16. The van der Waals surface area contributed by atoms with Crippen LogP contribution in [0.15, 0.2) is 40.2 Å². The number of aromatic nitrogens is 2. The van der Waals surface area contributed by atoms with Gasteiger partial charge in [0.15, 0.2) is 0 Å². The van der Waals surface area contributed by atoms with Crippen molar-refractivity contribution in [2.45, 2.75) is 32.2 Å². The molecule has 160 valence electrons. The van der Waals surface area contributed by atoms with Gasteiger partial charge < -0.3 is 9.26 Å². The van der Waals surface area contributed by atoms with Crippen LogP contribution in [0.1, 0.15) is 22.7 Å². The molecular weight excluding hydrogens is 415 g/mol. The molecule has 0 bridgehead atoms. The number of hydrogen-bond donors (Lipinski definition) is 0. The van der Waals surface area contributed by atoms with Crippen molar-refractivity contribution in [2.24, 2.45) is 5.92 Å². The van der Waals surface area contributed by atoms with Crippen LogP contribution in [0.25, 0.3) is 10.6 Å². The molecule has 0 saturated carbocycles. The Kier molecular flexibility index (Phi) is 5.95. The van der Waals surface area contributed by atoms with Crippen LogP contribution in [-0.2, 0) is 23.9 Å². The van der Waals surface area contributed by atoms with Gasteiger partial charge in [0.25, 0.3) is 0 Å². The number of halogens is 3. The highest BCUT2D eigenvalue weighted by atomic mass is 32.1. The van der Waals surface area contributed by atoms with E-state index in [0.717, 1.165) is 53.8 Å². The zero-order valence-electron chi connectivity index (χ0n) is 16.6. The van der Waals surface area contributed by atoms with Gasteiger partial charge in [-0.25, -0.2) is 4.98 Å². The molecule has 0 amide bonds. The zero-order valence-corrected chi connectivity index (χ0v) is 17.5.